The molecule has 0 atom stereocenters. The molecule has 0 aliphatic rings. The fraction of sp³-hybridized carbons (Fsp3) is 0.667. The molecule has 0 spiro atoms. The van der Waals surface area contributed by atoms with E-state index in [1.807, 2.05) is 0 Å². The van der Waals surface area contributed by atoms with Gasteiger partial charge >= 0.3 is 0 Å². The number of likely N-dealkylation sites (N-methyl/N-ethyl adjacent to an activating group) is 1. The molecule has 0 saturated heterocycles. The van der Waals surface area contributed by atoms with Crippen LogP contribution in [0.5, 0.6) is 0 Å². The number of hydrogen-bond acceptors (Lipinski definition) is 4. The second-order valence-electron chi connectivity index (χ2n) is 3.25. The monoisotopic (exact) mass is 232 g/mol. The molecular weight excluding hydrogens is 216 g/mol. The van der Waals surface area contributed by atoms with E-state index in [4.69, 9.17) is 6.42 Å². The SMILES string of the molecule is C#CCNCC(=O)N(C)CCS(C)(=O)=O. The molecule has 0 aromatic rings. The normalized spacial score (nSPS) is 10.7. The minimum atomic E-state index is -3.02. The number of nitrogens with one attached hydrogen (secondary N) is 1. The summed E-state index contributed by atoms with van der Waals surface area (Å²) in [5.74, 6) is 2.14. The summed E-state index contributed by atoms with van der Waals surface area (Å²) in [6.07, 6.45) is 6.13. The van der Waals surface area contributed by atoms with Crippen molar-refractivity contribution in [3.63, 3.8) is 0 Å². The fourth-order valence-corrected chi connectivity index (χ4v) is 1.41. The average molecular weight is 232 g/mol. The summed E-state index contributed by atoms with van der Waals surface area (Å²) in [7, 11) is -1.46. The standard InChI is InChI=1S/C9H16N2O3S/c1-4-5-10-8-9(12)11(2)6-7-15(3,13)14/h1,10H,5-8H2,2-3H3. The fourth-order valence-electron chi connectivity index (χ4n) is 0.804. The van der Waals surface area contributed by atoms with Gasteiger partial charge in [0.2, 0.25) is 5.91 Å². The summed E-state index contributed by atoms with van der Waals surface area (Å²) >= 11 is 0. The van der Waals surface area contributed by atoms with E-state index in [0.717, 1.165) is 6.26 Å². The zero-order chi connectivity index (χ0) is 11.9. The smallest absolute Gasteiger partial charge is 0.236 e. The quantitative estimate of drug-likeness (QED) is 0.457. The third kappa shape index (κ3) is 7.97. The van der Waals surface area contributed by atoms with Crippen molar-refractivity contribution in [3.8, 4) is 12.3 Å². The molecule has 0 bridgehead atoms. The lowest BCUT2D eigenvalue weighted by atomic mass is 10.5. The molecule has 0 fully saturated rings. The first-order chi connectivity index (χ1) is 6.87. The van der Waals surface area contributed by atoms with E-state index < -0.39 is 9.84 Å². The zero-order valence-corrected chi connectivity index (χ0v) is 9.80. The van der Waals surface area contributed by atoms with E-state index in [-0.39, 0.29) is 24.7 Å². The Balaban J connectivity index is 3.85. The summed E-state index contributed by atoms with van der Waals surface area (Å²) in [6, 6.07) is 0. The van der Waals surface area contributed by atoms with Gasteiger partial charge in [-0.3, -0.25) is 10.1 Å². The summed E-state index contributed by atoms with van der Waals surface area (Å²) in [6.45, 7) is 0.658. The maximum atomic E-state index is 11.3. The van der Waals surface area contributed by atoms with Crippen molar-refractivity contribution < 1.29 is 13.2 Å². The highest BCUT2D eigenvalue weighted by molar-refractivity contribution is 7.90. The van der Waals surface area contributed by atoms with Crippen molar-refractivity contribution in [1.82, 2.24) is 10.2 Å². The summed E-state index contributed by atoms with van der Waals surface area (Å²) < 4.78 is 21.7. The van der Waals surface area contributed by atoms with Gasteiger partial charge in [0.05, 0.1) is 18.8 Å². The molecule has 15 heavy (non-hydrogen) atoms. The Bertz CT molecular complexity index is 343. The second kappa shape index (κ2) is 6.43. The Hall–Kier alpha value is -1.06. The molecule has 0 aromatic carbocycles. The summed E-state index contributed by atoms with van der Waals surface area (Å²) in [5, 5.41) is 2.74. The second-order valence-corrected chi connectivity index (χ2v) is 5.51. The molecule has 5 nitrogen and oxygen atoms in total. The lowest BCUT2D eigenvalue weighted by molar-refractivity contribution is -0.128. The van der Waals surface area contributed by atoms with Crippen molar-refractivity contribution in [2.75, 3.05) is 38.7 Å². The zero-order valence-electron chi connectivity index (χ0n) is 8.99. The number of nitrogens with zero attached hydrogens (tertiary/aromatic N) is 1. The van der Waals surface area contributed by atoms with Gasteiger partial charge in [0.25, 0.3) is 0 Å². The van der Waals surface area contributed by atoms with E-state index in [2.05, 4.69) is 11.2 Å². The van der Waals surface area contributed by atoms with Crippen LogP contribution in [-0.2, 0) is 14.6 Å². The predicted octanol–water partition coefficient (Wildman–Crippen LogP) is -1.29. The van der Waals surface area contributed by atoms with Crippen LogP contribution in [0.4, 0.5) is 0 Å². The maximum Gasteiger partial charge on any atom is 0.236 e. The molecule has 86 valence electrons. The van der Waals surface area contributed by atoms with Crippen molar-refractivity contribution in [3.05, 3.63) is 0 Å². The molecule has 6 heteroatoms. The number of hydrogen-bond donors (Lipinski definition) is 1. The van der Waals surface area contributed by atoms with Crippen LogP contribution in [0.2, 0.25) is 0 Å². The molecule has 0 aromatic heterocycles. The van der Waals surface area contributed by atoms with Crippen molar-refractivity contribution in [2.24, 2.45) is 0 Å². The van der Waals surface area contributed by atoms with E-state index in [0.29, 0.717) is 6.54 Å². The minimum absolute atomic E-state index is 0.0234. The van der Waals surface area contributed by atoms with Crippen molar-refractivity contribution >= 4 is 15.7 Å². The van der Waals surface area contributed by atoms with Gasteiger partial charge in [-0.2, -0.15) is 0 Å². The van der Waals surface area contributed by atoms with E-state index in [1.165, 1.54) is 4.90 Å². The van der Waals surface area contributed by atoms with E-state index in [9.17, 15) is 13.2 Å². The molecular formula is C9H16N2O3S. The van der Waals surface area contributed by atoms with Crippen LogP contribution in [-0.4, -0.2) is 57.9 Å². The summed E-state index contributed by atoms with van der Waals surface area (Å²) in [4.78, 5) is 12.7. The van der Waals surface area contributed by atoms with E-state index in [1.54, 1.807) is 7.05 Å². The summed E-state index contributed by atoms with van der Waals surface area (Å²) in [5.41, 5.74) is 0. The first-order valence-electron chi connectivity index (χ1n) is 4.42. The van der Waals surface area contributed by atoms with Gasteiger partial charge in [-0.25, -0.2) is 8.42 Å². The third-order valence-electron chi connectivity index (χ3n) is 1.73. The molecule has 1 N–H and O–H groups in total. The molecule has 0 rings (SSSR count). The van der Waals surface area contributed by atoms with Crippen LogP contribution in [0.25, 0.3) is 0 Å². The lowest BCUT2D eigenvalue weighted by Crippen LogP contribution is -2.38. The van der Waals surface area contributed by atoms with Gasteiger partial charge in [0, 0.05) is 19.8 Å². The van der Waals surface area contributed by atoms with Gasteiger partial charge in [0.15, 0.2) is 0 Å². The van der Waals surface area contributed by atoms with Crippen LogP contribution in [0.3, 0.4) is 0 Å². The number of rotatable bonds is 6. The first-order valence-corrected chi connectivity index (χ1v) is 6.48. The Morgan fingerprint density at radius 2 is 2.13 bits per heavy atom. The van der Waals surface area contributed by atoms with Crippen LogP contribution in [0.15, 0.2) is 0 Å². The Morgan fingerprint density at radius 3 is 2.60 bits per heavy atom. The van der Waals surface area contributed by atoms with Gasteiger partial charge in [-0.15, -0.1) is 6.42 Å². The first kappa shape index (κ1) is 13.9. The highest BCUT2D eigenvalue weighted by Gasteiger charge is 2.10. The van der Waals surface area contributed by atoms with Crippen LogP contribution >= 0.6 is 0 Å². The molecule has 1 amide bonds. The van der Waals surface area contributed by atoms with Crippen molar-refractivity contribution in [1.29, 1.82) is 0 Å². The number of amides is 1. The largest absolute Gasteiger partial charge is 0.344 e. The molecule has 0 radical (unpaired) electrons. The lowest BCUT2D eigenvalue weighted by Gasteiger charge is -2.16. The Kier molecular flexibility index (Phi) is 5.97. The third-order valence-corrected chi connectivity index (χ3v) is 2.65. The van der Waals surface area contributed by atoms with Gasteiger partial charge < -0.3 is 4.90 Å². The highest BCUT2D eigenvalue weighted by atomic mass is 32.2. The minimum Gasteiger partial charge on any atom is -0.344 e. The molecule has 0 aliphatic heterocycles. The topological polar surface area (TPSA) is 66.5 Å². The Morgan fingerprint density at radius 1 is 1.53 bits per heavy atom. The van der Waals surface area contributed by atoms with Gasteiger partial charge in [-0.05, 0) is 0 Å². The number of terminal acetylenes is 1. The van der Waals surface area contributed by atoms with Crippen LogP contribution in [0, 0.1) is 12.3 Å². The van der Waals surface area contributed by atoms with Crippen LogP contribution < -0.4 is 5.32 Å². The molecule has 0 unspecified atom stereocenters. The number of sulfone groups is 1. The Labute approximate surface area is 90.8 Å². The number of carbonyl (C=O) groups excluding carboxylic acids is 1. The molecule has 0 heterocycles. The van der Waals surface area contributed by atoms with E-state index >= 15 is 0 Å². The van der Waals surface area contributed by atoms with Gasteiger partial charge in [-0.1, -0.05) is 5.92 Å². The average Bonchev–Trinajstić information content (AvgIpc) is 2.13. The predicted molar refractivity (Wildman–Crippen MR) is 59.1 cm³/mol. The number of carbonyl (C=O) groups is 1. The molecule has 0 aliphatic carbocycles. The van der Waals surface area contributed by atoms with Gasteiger partial charge in [0.1, 0.15) is 9.84 Å². The highest BCUT2D eigenvalue weighted by Crippen LogP contribution is 1.88. The molecule has 0 saturated carbocycles. The van der Waals surface area contributed by atoms with Crippen LogP contribution in [0.1, 0.15) is 0 Å². The van der Waals surface area contributed by atoms with Crippen molar-refractivity contribution in [2.45, 2.75) is 0 Å². The maximum absolute atomic E-state index is 11.3.